The molecule has 0 radical (unpaired) electrons. The zero-order chi connectivity index (χ0) is 14.4. The number of benzene rings is 1. The first-order valence-corrected chi connectivity index (χ1v) is 7.12. The Labute approximate surface area is 120 Å². The zero-order valence-electron chi connectivity index (χ0n) is 12.5. The maximum atomic E-state index is 5.29. The third kappa shape index (κ3) is 3.20. The molecule has 2 rings (SSSR count). The highest BCUT2D eigenvalue weighted by molar-refractivity contribution is 5.93. The predicted octanol–water partition coefficient (Wildman–Crippen LogP) is 2.68. The first-order chi connectivity index (χ1) is 9.80. The molecular weight excluding hydrogens is 250 g/mol. The summed E-state index contributed by atoms with van der Waals surface area (Å²) in [6.45, 7) is 5.12. The Morgan fingerprint density at radius 3 is 2.80 bits per heavy atom. The Balaban J connectivity index is 2.40. The van der Waals surface area contributed by atoms with E-state index in [1.54, 1.807) is 7.11 Å². The van der Waals surface area contributed by atoms with E-state index < -0.39 is 0 Å². The minimum atomic E-state index is 0.881. The fraction of sp³-hybridized carbons (Fsp3) is 0.438. The van der Waals surface area contributed by atoms with Crippen molar-refractivity contribution in [1.29, 1.82) is 0 Å². The van der Waals surface area contributed by atoms with E-state index in [0.717, 1.165) is 37.6 Å². The fourth-order valence-corrected chi connectivity index (χ4v) is 2.36. The molecule has 1 heterocycles. The van der Waals surface area contributed by atoms with Crippen LogP contribution in [0.1, 0.15) is 13.3 Å². The number of methoxy groups -OCH3 is 1. The number of ether oxygens (including phenoxy) is 1. The van der Waals surface area contributed by atoms with Crippen molar-refractivity contribution in [2.24, 2.45) is 0 Å². The van der Waals surface area contributed by atoms with Crippen LogP contribution in [-0.4, -0.2) is 38.8 Å². The maximum absolute atomic E-state index is 5.29. The molecule has 0 unspecified atom stereocenters. The van der Waals surface area contributed by atoms with E-state index in [4.69, 9.17) is 4.74 Å². The van der Waals surface area contributed by atoms with E-state index >= 15 is 0 Å². The van der Waals surface area contributed by atoms with E-state index in [1.165, 1.54) is 10.8 Å². The zero-order valence-corrected chi connectivity index (χ0v) is 12.5. The SMILES string of the molecule is CCCN(CCNC)c1nccc2cc(OC)ccc12. The molecule has 0 aliphatic heterocycles. The Hall–Kier alpha value is -1.81. The van der Waals surface area contributed by atoms with Crippen LogP contribution in [0.3, 0.4) is 0 Å². The molecular formula is C16H23N3O. The first kappa shape index (κ1) is 14.6. The van der Waals surface area contributed by atoms with E-state index in [2.05, 4.69) is 34.3 Å². The lowest BCUT2D eigenvalue weighted by molar-refractivity contribution is 0.415. The predicted molar refractivity (Wildman–Crippen MR) is 84.7 cm³/mol. The number of anilines is 1. The molecule has 0 atom stereocenters. The van der Waals surface area contributed by atoms with Gasteiger partial charge in [-0.25, -0.2) is 4.98 Å². The van der Waals surface area contributed by atoms with Gasteiger partial charge in [-0.3, -0.25) is 0 Å². The summed E-state index contributed by atoms with van der Waals surface area (Å²) in [7, 11) is 3.67. The van der Waals surface area contributed by atoms with E-state index in [-0.39, 0.29) is 0 Å². The van der Waals surface area contributed by atoms with Crippen molar-refractivity contribution in [1.82, 2.24) is 10.3 Å². The normalized spacial score (nSPS) is 10.8. The number of hydrogen-bond donors (Lipinski definition) is 1. The summed E-state index contributed by atoms with van der Waals surface area (Å²) in [5.41, 5.74) is 0. The number of aromatic nitrogens is 1. The van der Waals surface area contributed by atoms with Gasteiger partial charge in [0.2, 0.25) is 0 Å². The second-order valence-electron chi connectivity index (χ2n) is 4.81. The molecule has 1 aromatic carbocycles. The van der Waals surface area contributed by atoms with Gasteiger partial charge in [0.1, 0.15) is 11.6 Å². The Morgan fingerprint density at radius 1 is 1.25 bits per heavy atom. The van der Waals surface area contributed by atoms with Crippen molar-refractivity contribution in [3.8, 4) is 5.75 Å². The molecule has 0 saturated heterocycles. The van der Waals surface area contributed by atoms with Gasteiger partial charge in [0.15, 0.2) is 0 Å². The molecule has 2 aromatic rings. The topological polar surface area (TPSA) is 37.4 Å². The number of pyridine rings is 1. The van der Waals surface area contributed by atoms with Crippen LogP contribution >= 0.6 is 0 Å². The summed E-state index contributed by atoms with van der Waals surface area (Å²) >= 11 is 0. The molecule has 0 bridgehead atoms. The highest BCUT2D eigenvalue weighted by atomic mass is 16.5. The van der Waals surface area contributed by atoms with Crippen LogP contribution in [0.25, 0.3) is 10.8 Å². The van der Waals surface area contributed by atoms with Crippen LogP contribution in [0.4, 0.5) is 5.82 Å². The maximum Gasteiger partial charge on any atom is 0.136 e. The molecule has 0 spiro atoms. The van der Waals surface area contributed by atoms with Gasteiger partial charge in [0.25, 0.3) is 0 Å². The van der Waals surface area contributed by atoms with E-state index in [1.807, 2.05) is 25.4 Å². The molecule has 0 amide bonds. The molecule has 20 heavy (non-hydrogen) atoms. The lowest BCUT2D eigenvalue weighted by Gasteiger charge is -2.24. The molecule has 0 saturated carbocycles. The van der Waals surface area contributed by atoms with Gasteiger partial charge in [-0.15, -0.1) is 0 Å². The summed E-state index contributed by atoms with van der Waals surface area (Å²) in [6, 6.07) is 8.18. The quantitative estimate of drug-likeness (QED) is 0.841. The average molecular weight is 273 g/mol. The standard InChI is InChI=1S/C16H23N3O/c1-4-10-19(11-9-17-2)16-15-6-5-14(20-3)12-13(15)7-8-18-16/h5-8,12,17H,4,9-11H2,1-3H3. The van der Waals surface area contributed by atoms with Crippen molar-refractivity contribution in [3.63, 3.8) is 0 Å². The number of nitrogens with zero attached hydrogens (tertiary/aromatic N) is 2. The molecule has 4 heteroatoms. The average Bonchev–Trinajstić information content (AvgIpc) is 2.50. The third-order valence-electron chi connectivity index (χ3n) is 3.38. The largest absolute Gasteiger partial charge is 0.497 e. The summed E-state index contributed by atoms with van der Waals surface area (Å²) in [5, 5.41) is 5.55. The smallest absolute Gasteiger partial charge is 0.136 e. The second-order valence-corrected chi connectivity index (χ2v) is 4.81. The van der Waals surface area contributed by atoms with Crippen LogP contribution in [0.5, 0.6) is 5.75 Å². The number of rotatable bonds is 7. The lowest BCUT2D eigenvalue weighted by atomic mass is 10.1. The monoisotopic (exact) mass is 273 g/mol. The second kappa shape index (κ2) is 7.10. The summed E-state index contributed by atoms with van der Waals surface area (Å²) in [5.74, 6) is 1.94. The minimum absolute atomic E-state index is 0.881. The highest BCUT2D eigenvalue weighted by Crippen LogP contribution is 2.27. The summed E-state index contributed by atoms with van der Waals surface area (Å²) in [4.78, 5) is 6.93. The highest BCUT2D eigenvalue weighted by Gasteiger charge is 2.11. The molecule has 108 valence electrons. The first-order valence-electron chi connectivity index (χ1n) is 7.12. The fourth-order valence-electron chi connectivity index (χ4n) is 2.36. The van der Waals surface area contributed by atoms with Gasteiger partial charge in [-0.1, -0.05) is 6.92 Å². The van der Waals surface area contributed by atoms with Crippen LogP contribution < -0.4 is 15.0 Å². The number of fused-ring (bicyclic) bond motifs is 1. The van der Waals surface area contributed by atoms with Crippen molar-refractivity contribution >= 4 is 16.6 Å². The van der Waals surface area contributed by atoms with Gasteiger partial charge < -0.3 is 15.0 Å². The van der Waals surface area contributed by atoms with Gasteiger partial charge in [-0.2, -0.15) is 0 Å². The van der Waals surface area contributed by atoms with E-state index in [9.17, 15) is 0 Å². The molecule has 0 fully saturated rings. The van der Waals surface area contributed by atoms with Crippen LogP contribution in [-0.2, 0) is 0 Å². The molecule has 4 nitrogen and oxygen atoms in total. The Bertz CT molecular complexity index is 556. The molecule has 0 aliphatic rings. The number of nitrogens with one attached hydrogen (secondary N) is 1. The lowest BCUT2D eigenvalue weighted by Crippen LogP contribution is -2.32. The van der Waals surface area contributed by atoms with Gasteiger partial charge in [0, 0.05) is 31.2 Å². The van der Waals surface area contributed by atoms with E-state index in [0.29, 0.717) is 0 Å². The minimum Gasteiger partial charge on any atom is -0.497 e. The van der Waals surface area contributed by atoms with Gasteiger partial charge in [0.05, 0.1) is 7.11 Å². The van der Waals surface area contributed by atoms with Crippen molar-refractivity contribution in [2.45, 2.75) is 13.3 Å². The van der Waals surface area contributed by atoms with Crippen LogP contribution in [0, 0.1) is 0 Å². The molecule has 0 aliphatic carbocycles. The summed E-state index contributed by atoms with van der Waals surface area (Å²) in [6.07, 6.45) is 2.98. The molecule has 1 aromatic heterocycles. The van der Waals surface area contributed by atoms with Crippen LogP contribution in [0.2, 0.25) is 0 Å². The molecule has 1 N–H and O–H groups in total. The van der Waals surface area contributed by atoms with Crippen molar-refractivity contribution in [3.05, 3.63) is 30.5 Å². The van der Waals surface area contributed by atoms with Gasteiger partial charge >= 0.3 is 0 Å². The third-order valence-corrected chi connectivity index (χ3v) is 3.38. The Morgan fingerprint density at radius 2 is 2.10 bits per heavy atom. The summed E-state index contributed by atoms with van der Waals surface area (Å²) < 4.78 is 5.29. The number of hydrogen-bond acceptors (Lipinski definition) is 4. The van der Waals surface area contributed by atoms with Gasteiger partial charge in [-0.05, 0) is 43.1 Å². The van der Waals surface area contributed by atoms with Crippen molar-refractivity contribution in [2.75, 3.05) is 38.7 Å². The number of likely N-dealkylation sites (N-methyl/N-ethyl adjacent to an activating group) is 1. The Kier molecular flexibility index (Phi) is 5.18. The van der Waals surface area contributed by atoms with Crippen LogP contribution in [0.15, 0.2) is 30.5 Å². The van der Waals surface area contributed by atoms with Crippen molar-refractivity contribution < 1.29 is 4.74 Å².